The van der Waals surface area contributed by atoms with Crippen LogP contribution in [0.25, 0.3) is 5.69 Å². The first-order valence-electron chi connectivity index (χ1n) is 10.1. The smallest absolute Gasteiger partial charge is 0.374 e. The number of nitrogens with zero attached hydrogens (tertiary/aromatic N) is 5. The molecule has 11 heteroatoms. The number of aliphatic hydroxyl groups is 1. The molecule has 0 saturated carbocycles. The Kier molecular flexibility index (Phi) is 5.53. The Labute approximate surface area is 181 Å². The Morgan fingerprint density at radius 3 is 2.56 bits per heavy atom. The van der Waals surface area contributed by atoms with Gasteiger partial charge in [-0.05, 0) is 38.8 Å². The molecule has 3 atom stereocenters. The molecule has 4 rings (SSSR count). The summed E-state index contributed by atoms with van der Waals surface area (Å²) in [6.07, 6.45) is -0.626. The first-order valence-corrected chi connectivity index (χ1v) is 10.1. The van der Waals surface area contributed by atoms with Crippen molar-refractivity contribution < 1.29 is 27.6 Å². The zero-order chi connectivity index (χ0) is 23.1. The number of halogens is 3. The lowest BCUT2D eigenvalue weighted by Gasteiger charge is -2.37. The van der Waals surface area contributed by atoms with Gasteiger partial charge in [-0.25, -0.2) is 0 Å². The Morgan fingerprint density at radius 1 is 1.19 bits per heavy atom. The van der Waals surface area contributed by atoms with Gasteiger partial charge in [0.15, 0.2) is 5.76 Å². The van der Waals surface area contributed by atoms with E-state index in [0.29, 0.717) is 31.0 Å². The number of benzene rings is 1. The highest BCUT2D eigenvalue weighted by atomic mass is 19.4. The Morgan fingerprint density at radius 2 is 1.88 bits per heavy atom. The van der Waals surface area contributed by atoms with Crippen LogP contribution in [0.1, 0.15) is 54.4 Å². The van der Waals surface area contributed by atoms with E-state index in [2.05, 4.69) is 15.4 Å². The molecular formula is C21H22F3N5O3. The maximum atomic E-state index is 13.4. The van der Waals surface area contributed by atoms with E-state index in [1.54, 1.807) is 29.2 Å². The fraction of sp³-hybridized carbons (Fsp3) is 0.429. The highest BCUT2D eigenvalue weighted by Gasteiger charge is 2.54. The van der Waals surface area contributed by atoms with E-state index in [4.69, 9.17) is 4.52 Å². The summed E-state index contributed by atoms with van der Waals surface area (Å²) in [5.41, 5.74) is -1.93. The van der Waals surface area contributed by atoms with Crippen molar-refractivity contribution >= 4 is 5.91 Å². The molecular weight excluding hydrogens is 427 g/mol. The summed E-state index contributed by atoms with van der Waals surface area (Å²) < 4.78 is 44.2. The van der Waals surface area contributed by atoms with Gasteiger partial charge in [-0.3, -0.25) is 4.79 Å². The number of carbonyl (C=O) groups excluding carboxylic acids is 1. The van der Waals surface area contributed by atoms with Crippen LogP contribution in [-0.2, 0) is 5.60 Å². The van der Waals surface area contributed by atoms with Gasteiger partial charge in [0.1, 0.15) is 0 Å². The van der Waals surface area contributed by atoms with Crippen molar-refractivity contribution in [1.82, 2.24) is 25.1 Å². The topological polar surface area (TPSA) is 97.3 Å². The maximum Gasteiger partial charge on any atom is 0.424 e. The van der Waals surface area contributed by atoms with Crippen molar-refractivity contribution in [3.8, 4) is 5.69 Å². The first kappa shape index (κ1) is 22.0. The second-order valence-electron chi connectivity index (χ2n) is 8.10. The molecule has 0 aliphatic carbocycles. The zero-order valence-electron chi connectivity index (χ0n) is 17.5. The first-order chi connectivity index (χ1) is 15.1. The molecule has 3 aromatic rings. The summed E-state index contributed by atoms with van der Waals surface area (Å²) in [6.45, 7) is 2.79. The summed E-state index contributed by atoms with van der Waals surface area (Å²) in [5.74, 6) is -1.24. The van der Waals surface area contributed by atoms with Gasteiger partial charge in [0.05, 0.1) is 29.3 Å². The number of amides is 1. The minimum absolute atomic E-state index is 0.0814. The van der Waals surface area contributed by atoms with E-state index in [9.17, 15) is 23.1 Å². The van der Waals surface area contributed by atoms with Crippen molar-refractivity contribution in [2.75, 3.05) is 6.54 Å². The zero-order valence-corrected chi connectivity index (χ0v) is 17.5. The molecule has 1 saturated heterocycles. The molecule has 1 amide bonds. The fourth-order valence-electron chi connectivity index (χ4n) is 3.81. The fourth-order valence-corrected chi connectivity index (χ4v) is 3.81. The van der Waals surface area contributed by atoms with Crippen LogP contribution in [0.4, 0.5) is 13.2 Å². The van der Waals surface area contributed by atoms with Gasteiger partial charge in [0, 0.05) is 24.6 Å². The van der Waals surface area contributed by atoms with Gasteiger partial charge in [-0.1, -0.05) is 17.3 Å². The largest absolute Gasteiger partial charge is 0.424 e. The second-order valence-corrected chi connectivity index (χ2v) is 8.10. The van der Waals surface area contributed by atoms with Crippen LogP contribution < -0.4 is 0 Å². The van der Waals surface area contributed by atoms with Crippen molar-refractivity contribution in [3.05, 3.63) is 59.7 Å². The minimum atomic E-state index is -4.91. The van der Waals surface area contributed by atoms with Crippen LogP contribution in [0.2, 0.25) is 0 Å². The predicted molar refractivity (Wildman–Crippen MR) is 106 cm³/mol. The lowest BCUT2D eigenvalue weighted by Crippen LogP contribution is -2.45. The molecule has 1 fully saturated rings. The number of carbonyl (C=O) groups is 1. The van der Waals surface area contributed by atoms with Gasteiger partial charge in [-0.15, -0.1) is 0 Å². The van der Waals surface area contributed by atoms with Crippen molar-refractivity contribution in [3.63, 3.8) is 0 Å². The third-order valence-electron chi connectivity index (χ3n) is 5.89. The standard InChI is InChI=1S/C21H22F3N5O3/c1-13-7-8-14(16-11-18(32-27-16)20(2,31)21(22,23)24)12-28(13)19(30)15-5-3-4-6-17(15)29-25-9-10-26-29/h3-6,9-11,13-14,31H,7-8,12H2,1-2H3/t13-,14-,20?/m1/s1. The van der Waals surface area contributed by atoms with E-state index in [1.807, 2.05) is 6.92 Å². The summed E-state index contributed by atoms with van der Waals surface area (Å²) in [5, 5.41) is 21.8. The summed E-state index contributed by atoms with van der Waals surface area (Å²) >= 11 is 0. The van der Waals surface area contributed by atoms with E-state index in [-0.39, 0.29) is 30.1 Å². The lowest BCUT2D eigenvalue weighted by molar-refractivity contribution is -0.265. The van der Waals surface area contributed by atoms with E-state index < -0.39 is 17.5 Å². The number of aromatic nitrogens is 4. The molecule has 2 aromatic heterocycles. The molecule has 1 aromatic carbocycles. The molecule has 1 unspecified atom stereocenters. The van der Waals surface area contributed by atoms with Crippen LogP contribution in [0.3, 0.4) is 0 Å². The van der Waals surface area contributed by atoms with E-state index in [0.717, 1.165) is 6.07 Å². The summed E-state index contributed by atoms with van der Waals surface area (Å²) in [6, 6.07) is 7.99. The SMILES string of the molecule is C[C@@H]1CC[C@@H](c2cc(C(C)(O)C(F)(F)F)on2)CN1C(=O)c1ccccc1-n1nccn1. The Hall–Kier alpha value is -3.21. The van der Waals surface area contributed by atoms with Gasteiger partial charge in [0.2, 0.25) is 5.60 Å². The van der Waals surface area contributed by atoms with E-state index in [1.165, 1.54) is 17.2 Å². The number of likely N-dealkylation sites (tertiary alicyclic amines) is 1. The molecule has 1 aliphatic heterocycles. The number of para-hydroxylation sites is 1. The van der Waals surface area contributed by atoms with Crippen LogP contribution in [0, 0.1) is 0 Å². The van der Waals surface area contributed by atoms with Crippen LogP contribution in [0.15, 0.2) is 47.2 Å². The molecule has 0 spiro atoms. The average Bonchev–Trinajstić information content (AvgIpc) is 3.45. The number of hydrogen-bond acceptors (Lipinski definition) is 6. The highest BCUT2D eigenvalue weighted by Crippen LogP contribution is 2.40. The van der Waals surface area contributed by atoms with Crippen LogP contribution in [0.5, 0.6) is 0 Å². The molecule has 170 valence electrons. The summed E-state index contributed by atoms with van der Waals surface area (Å²) in [7, 11) is 0. The minimum Gasteiger partial charge on any atom is -0.374 e. The van der Waals surface area contributed by atoms with Crippen molar-refractivity contribution in [1.29, 1.82) is 0 Å². The van der Waals surface area contributed by atoms with Gasteiger partial charge >= 0.3 is 6.18 Å². The molecule has 3 heterocycles. The quantitative estimate of drug-likeness (QED) is 0.656. The van der Waals surface area contributed by atoms with Crippen molar-refractivity contribution in [2.45, 2.75) is 50.4 Å². The molecule has 1 aliphatic rings. The molecule has 1 N–H and O–H groups in total. The van der Waals surface area contributed by atoms with Crippen LogP contribution in [-0.4, -0.2) is 54.8 Å². The predicted octanol–water partition coefficient (Wildman–Crippen LogP) is 3.43. The van der Waals surface area contributed by atoms with Gasteiger partial charge < -0.3 is 14.5 Å². The molecule has 32 heavy (non-hydrogen) atoms. The average molecular weight is 449 g/mol. The van der Waals surface area contributed by atoms with Gasteiger partial charge in [0.25, 0.3) is 5.91 Å². The molecule has 0 radical (unpaired) electrons. The molecule has 8 nitrogen and oxygen atoms in total. The number of rotatable bonds is 4. The normalized spacial score (nSPS) is 21.4. The maximum absolute atomic E-state index is 13.4. The number of alkyl halides is 3. The third-order valence-corrected chi connectivity index (χ3v) is 5.89. The highest BCUT2D eigenvalue weighted by molar-refractivity contribution is 5.98. The Bertz CT molecular complexity index is 1090. The van der Waals surface area contributed by atoms with Crippen molar-refractivity contribution in [2.24, 2.45) is 0 Å². The number of hydrogen-bond donors (Lipinski definition) is 1. The van der Waals surface area contributed by atoms with Gasteiger partial charge in [-0.2, -0.15) is 28.2 Å². The number of piperidine rings is 1. The second kappa shape index (κ2) is 8.05. The third kappa shape index (κ3) is 3.88. The monoisotopic (exact) mass is 449 g/mol. The molecule has 0 bridgehead atoms. The Balaban J connectivity index is 1.59. The summed E-state index contributed by atoms with van der Waals surface area (Å²) in [4.78, 5) is 16.5. The van der Waals surface area contributed by atoms with E-state index >= 15 is 0 Å². The van der Waals surface area contributed by atoms with Crippen LogP contribution >= 0.6 is 0 Å². The lowest BCUT2D eigenvalue weighted by atomic mass is 9.89.